The lowest BCUT2D eigenvalue weighted by Gasteiger charge is -2.29. The molecule has 0 radical (unpaired) electrons. The second kappa shape index (κ2) is 9.47. The first kappa shape index (κ1) is 21.8. The van der Waals surface area contributed by atoms with Crippen LogP contribution in [0.25, 0.3) is 0 Å². The van der Waals surface area contributed by atoms with Gasteiger partial charge in [0, 0.05) is 19.0 Å². The van der Waals surface area contributed by atoms with E-state index in [1.807, 2.05) is 35.2 Å². The van der Waals surface area contributed by atoms with Crippen LogP contribution >= 0.6 is 11.8 Å². The molecule has 3 aromatic rings. The number of benzene rings is 2. The number of carbonyl (C=O) groups excluding carboxylic acids is 1. The number of carbonyl (C=O) groups is 1. The first-order valence-electron chi connectivity index (χ1n) is 11.3. The van der Waals surface area contributed by atoms with E-state index in [0.29, 0.717) is 30.5 Å². The van der Waals surface area contributed by atoms with Crippen LogP contribution in [-0.4, -0.2) is 52.1 Å². The van der Waals surface area contributed by atoms with E-state index in [1.54, 1.807) is 14.2 Å². The lowest BCUT2D eigenvalue weighted by Crippen LogP contribution is -2.37. The third-order valence-corrected chi connectivity index (χ3v) is 7.22. The zero-order valence-corrected chi connectivity index (χ0v) is 19.8. The third kappa shape index (κ3) is 4.71. The van der Waals surface area contributed by atoms with Gasteiger partial charge in [-0.3, -0.25) is 4.79 Å². The van der Waals surface area contributed by atoms with Crippen molar-refractivity contribution in [1.82, 2.24) is 19.7 Å². The molecule has 172 valence electrons. The molecule has 0 N–H and O–H groups in total. The fourth-order valence-electron chi connectivity index (χ4n) is 4.28. The van der Waals surface area contributed by atoms with Crippen molar-refractivity contribution in [2.45, 2.75) is 43.4 Å². The van der Waals surface area contributed by atoms with Gasteiger partial charge in [-0.25, -0.2) is 0 Å². The summed E-state index contributed by atoms with van der Waals surface area (Å²) in [6.45, 7) is 2.01. The summed E-state index contributed by atoms with van der Waals surface area (Å²) in [6, 6.07) is 14.4. The maximum absolute atomic E-state index is 13.1. The molecule has 5 rings (SSSR count). The van der Waals surface area contributed by atoms with E-state index in [0.717, 1.165) is 48.1 Å². The SMILES string of the molecule is COc1cc2c(cc1OC)CN(C(=O)CSc1nnc(C3CC3)n1Cc1ccccc1)CC2. The highest BCUT2D eigenvalue weighted by molar-refractivity contribution is 7.99. The number of nitrogens with zero attached hydrogens (tertiary/aromatic N) is 4. The fourth-order valence-corrected chi connectivity index (χ4v) is 5.13. The molecular formula is C25H28N4O3S. The number of amides is 1. The molecule has 1 aromatic heterocycles. The highest BCUT2D eigenvalue weighted by Crippen LogP contribution is 2.40. The fraction of sp³-hybridized carbons (Fsp3) is 0.400. The van der Waals surface area contributed by atoms with Crippen molar-refractivity contribution >= 4 is 17.7 Å². The third-order valence-electron chi connectivity index (χ3n) is 6.27. The summed E-state index contributed by atoms with van der Waals surface area (Å²) >= 11 is 1.48. The summed E-state index contributed by atoms with van der Waals surface area (Å²) < 4.78 is 13.0. The van der Waals surface area contributed by atoms with E-state index < -0.39 is 0 Å². The number of fused-ring (bicyclic) bond motifs is 1. The molecule has 2 heterocycles. The van der Waals surface area contributed by atoms with Crippen LogP contribution in [0.5, 0.6) is 11.5 Å². The predicted octanol–water partition coefficient (Wildman–Crippen LogP) is 3.90. The van der Waals surface area contributed by atoms with Gasteiger partial charge in [0.05, 0.1) is 26.5 Å². The van der Waals surface area contributed by atoms with Gasteiger partial charge in [-0.1, -0.05) is 42.1 Å². The first-order valence-corrected chi connectivity index (χ1v) is 12.3. The molecule has 2 aromatic carbocycles. The topological polar surface area (TPSA) is 69.5 Å². The van der Waals surface area contributed by atoms with Gasteiger partial charge in [-0.05, 0) is 48.1 Å². The molecule has 33 heavy (non-hydrogen) atoms. The van der Waals surface area contributed by atoms with Gasteiger partial charge in [-0.2, -0.15) is 0 Å². The standard InChI is InChI=1S/C25H28N4O3S/c1-31-21-12-19-10-11-28(15-20(19)13-22(21)32-2)23(30)16-33-25-27-26-24(18-8-9-18)29(25)14-17-6-4-3-5-7-17/h3-7,12-13,18H,8-11,14-16H2,1-2H3. The lowest BCUT2D eigenvalue weighted by molar-refractivity contribution is -0.129. The van der Waals surface area contributed by atoms with Crippen LogP contribution in [0, 0.1) is 0 Å². The molecule has 1 amide bonds. The minimum absolute atomic E-state index is 0.114. The van der Waals surface area contributed by atoms with E-state index in [-0.39, 0.29) is 5.91 Å². The highest BCUT2D eigenvalue weighted by atomic mass is 32.2. The molecule has 1 saturated carbocycles. The van der Waals surface area contributed by atoms with Crippen molar-refractivity contribution < 1.29 is 14.3 Å². The van der Waals surface area contributed by atoms with E-state index in [9.17, 15) is 4.79 Å². The Bertz CT molecular complexity index is 1140. The largest absolute Gasteiger partial charge is 0.493 e. The maximum Gasteiger partial charge on any atom is 0.233 e. The van der Waals surface area contributed by atoms with Crippen LogP contribution in [0.1, 0.15) is 41.3 Å². The molecule has 0 spiro atoms. The smallest absolute Gasteiger partial charge is 0.233 e. The number of ether oxygens (including phenoxy) is 2. The van der Waals surface area contributed by atoms with Crippen LogP contribution in [0.2, 0.25) is 0 Å². The van der Waals surface area contributed by atoms with Crippen LogP contribution in [0.3, 0.4) is 0 Å². The van der Waals surface area contributed by atoms with Gasteiger partial charge in [-0.15, -0.1) is 10.2 Å². The van der Waals surface area contributed by atoms with Crippen LogP contribution in [-0.2, 0) is 24.3 Å². The minimum atomic E-state index is 0.114. The zero-order chi connectivity index (χ0) is 22.8. The summed E-state index contributed by atoms with van der Waals surface area (Å²) in [7, 11) is 3.28. The first-order chi connectivity index (χ1) is 16.2. The molecular weight excluding hydrogens is 436 g/mol. The van der Waals surface area contributed by atoms with Crippen molar-refractivity contribution in [3.8, 4) is 11.5 Å². The number of thioether (sulfide) groups is 1. The Balaban J connectivity index is 1.27. The van der Waals surface area contributed by atoms with Crippen molar-refractivity contribution in [2.24, 2.45) is 0 Å². The van der Waals surface area contributed by atoms with Crippen molar-refractivity contribution in [1.29, 1.82) is 0 Å². The Labute approximate surface area is 198 Å². The summed E-state index contributed by atoms with van der Waals surface area (Å²) in [5, 5.41) is 9.73. The van der Waals surface area contributed by atoms with Crippen molar-refractivity contribution in [2.75, 3.05) is 26.5 Å². The Morgan fingerprint density at radius 2 is 1.79 bits per heavy atom. The number of methoxy groups -OCH3 is 2. The predicted molar refractivity (Wildman–Crippen MR) is 127 cm³/mol. The number of aromatic nitrogens is 3. The summed E-state index contributed by atoms with van der Waals surface area (Å²) in [5.41, 5.74) is 3.53. The van der Waals surface area contributed by atoms with E-state index in [1.165, 1.54) is 22.9 Å². The maximum atomic E-state index is 13.1. The summed E-state index contributed by atoms with van der Waals surface area (Å²) in [5.74, 6) is 3.43. The van der Waals surface area contributed by atoms with E-state index in [2.05, 4.69) is 26.9 Å². The van der Waals surface area contributed by atoms with Crippen molar-refractivity contribution in [3.63, 3.8) is 0 Å². The molecule has 0 bridgehead atoms. The second-order valence-corrected chi connectivity index (χ2v) is 9.46. The molecule has 8 heteroatoms. The molecule has 7 nitrogen and oxygen atoms in total. The number of hydrogen-bond donors (Lipinski definition) is 0. The average molecular weight is 465 g/mol. The van der Waals surface area contributed by atoms with Gasteiger partial charge >= 0.3 is 0 Å². The number of hydrogen-bond acceptors (Lipinski definition) is 6. The lowest BCUT2D eigenvalue weighted by atomic mass is 9.99. The Kier molecular flexibility index (Phi) is 6.26. The normalized spacial score (nSPS) is 15.3. The molecule has 0 atom stereocenters. The average Bonchev–Trinajstić information content (AvgIpc) is 3.63. The van der Waals surface area contributed by atoms with Gasteiger partial charge in [0.15, 0.2) is 16.7 Å². The second-order valence-electron chi connectivity index (χ2n) is 8.52. The summed E-state index contributed by atoms with van der Waals surface area (Å²) in [6.07, 6.45) is 3.14. The molecule has 1 aliphatic heterocycles. The van der Waals surface area contributed by atoms with Crippen LogP contribution in [0.4, 0.5) is 0 Å². The Morgan fingerprint density at radius 1 is 1.06 bits per heavy atom. The molecule has 1 aliphatic carbocycles. The molecule has 2 aliphatic rings. The zero-order valence-electron chi connectivity index (χ0n) is 19.0. The monoisotopic (exact) mass is 464 g/mol. The number of rotatable bonds is 8. The quantitative estimate of drug-likeness (QED) is 0.471. The van der Waals surface area contributed by atoms with Crippen LogP contribution in [0.15, 0.2) is 47.6 Å². The minimum Gasteiger partial charge on any atom is -0.493 e. The molecule has 0 unspecified atom stereocenters. The van der Waals surface area contributed by atoms with Gasteiger partial charge < -0.3 is 18.9 Å². The van der Waals surface area contributed by atoms with Crippen LogP contribution < -0.4 is 9.47 Å². The molecule has 0 saturated heterocycles. The van der Waals surface area contributed by atoms with E-state index in [4.69, 9.17) is 9.47 Å². The summed E-state index contributed by atoms with van der Waals surface area (Å²) in [4.78, 5) is 15.0. The van der Waals surface area contributed by atoms with Gasteiger partial charge in [0.25, 0.3) is 0 Å². The van der Waals surface area contributed by atoms with Gasteiger partial charge in [0.1, 0.15) is 5.82 Å². The highest BCUT2D eigenvalue weighted by Gasteiger charge is 2.31. The Morgan fingerprint density at radius 3 is 2.48 bits per heavy atom. The van der Waals surface area contributed by atoms with Crippen molar-refractivity contribution in [3.05, 3.63) is 65.0 Å². The molecule has 1 fully saturated rings. The Hall–Kier alpha value is -3.00. The van der Waals surface area contributed by atoms with E-state index >= 15 is 0 Å². The van der Waals surface area contributed by atoms with Gasteiger partial charge in [0.2, 0.25) is 5.91 Å².